The van der Waals surface area contributed by atoms with Crippen LogP contribution in [0.5, 0.6) is 0 Å². The van der Waals surface area contributed by atoms with Gasteiger partial charge >= 0.3 is 11.9 Å². The number of nitrogens with zero attached hydrogens (tertiary/aromatic N) is 2. The Balaban J connectivity index is 1.37. The average Bonchev–Trinajstić information content (AvgIpc) is 3.52. The second-order valence-electron chi connectivity index (χ2n) is 9.06. The first-order valence-corrected chi connectivity index (χ1v) is 11.5. The molecule has 0 amide bonds. The van der Waals surface area contributed by atoms with Gasteiger partial charge in [0, 0.05) is 35.4 Å². The molecule has 4 atom stereocenters. The highest BCUT2D eigenvalue weighted by Gasteiger charge is 2.55. The van der Waals surface area contributed by atoms with E-state index in [4.69, 9.17) is 9.47 Å². The van der Waals surface area contributed by atoms with Gasteiger partial charge in [-0.15, -0.1) is 0 Å². The van der Waals surface area contributed by atoms with Crippen molar-refractivity contribution in [2.45, 2.75) is 19.3 Å². The largest absolute Gasteiger partial charge is 0.457 e. The minimum atomic E-state index is -0.836. The summed E-state index contributed by atoms with van der Waals surface area (Å²) in [5.74, 6) is -4.65. The molecule has 12 nitrogen and oxygen atoms in total. The molecule has 0 aromatic heterocycles. The SMILES string of the molecule is O=C(COC(=O)C1C2CCC(C2)C1C(=O)OCC(=O)c1cccc([N+](=O)[O-])c1)c1cccc([N+](=O)[O-])c1. The minimum absolute atomic E-state index is 0.0190. The number of Topliss-reactive ketones (excluding diaryl/α,β-unsaturated/α-hetero) is 2. The molecule has 0 heterocycles. The van der Waals surface area contributed by atoms with E-state index in [2.05, 4.69) is 0 Å². The molecule has 12 heteroatoms. The fraction of sp³-hybridized carbons (Fsp3) is 0.360. The van der Waals surface area contributed by atoms with E-state index >= 15 is 0 Å². The maximum absolute atomic E-state index is 12.9. The Morgan fingerprint density at radius 3 is 1.51 bits per heavy atom. The molecule has 4 unspecified atom stereocenters. The zero-order valence-electron chi connectivity index (χ0n) is 19.4. The number of hydrogen-bond donors (Lipinski definition) is 0. The highest BCUT2D eigenvalue weighted by molar-refractivity contribution is 5.99. The molecule has 2 aliphatic carbocycles. The second kappa shape index (κ2) is 10.6. The lowest BCUT2D eigenvalue weighted by Gasteiger charge is -2.27. The van der Waals surface area contributed by atoms with Crippen LogP contribution in [-0.4, -0.2) is 46.6 Å². The first-order valence-electron chi connectivity index (χ1n) is 11.5. The van der Waals surface area contributed by atoms with E-state index in [0.717, 1.165) is 12.1 Å². The molecule has 2 aromatic carbocycles. The van der Waals surface area contributed by atoms with Crippen LogP contribution in [0.1, 0.15) is 40.0 Å². The van der Waals surface area contributed by atoms with Crippen molar-refractivity contribution in [3.8, 4) is 0 Å². The first kappa shape index (κ1) is 25.6. The summed E-state index contributed by atoms with van der Waals surface area (Å²) in [5, 5.41) is 21.8. The van der Waals surface area contributed by atoms with Crippen LogP contribution in [0.25, 0.3) is 0 Å². The van der Waals surface area contributed by atoms with E-state index in [0.29, 0.717) is 19.3 Å². The zero-order chi connectivity index (χ0) is 26.7. The fourth-order valence-electron chi connectivity index (χ4n) is 5.19. The fourth-order valence-corrected chi connectivity index (χ4v) is 5.19. The minimum Gasteiger partial charge on any atom is -0.457 e. The molecule has 0 N–H and O–H groups in total. The number of non-ortho nitro benzene ring substituents is 2. The van der Waals surface area contributed by atoms with Crippen molar-refractivity contribution in [3.63, 3.8) is 0 Å². The molecule has 0 spiro atoms. The molecule has 37 heavy (non-hydrogen) atoms. The van der Waals surface area contributed by atoms with Crippen molar-refractivity contribution >= 4 is 34.9 Å². The summed E-state index contributed by atoms with van der Waals surface area (Å²) < 4.78 is 10.4. The number of carbonyl (C=O) groups excluding carboxylic acids is 4. The lowest BCUT2D eigenvalue weighted by molar-refractivity contribution is -0.385. The molecule has 0 aliphatic heterocycles. The van der Waals surface area contributed by atoms with Crippen molar-refractivity contribution in [1.82, 2.24) is 0 Å². The maximum atomic E-state index is 12.9. The van der Waals surface area contributed by atoms with Crippen LogP contribution in [-0.2, 0) is 19.1 Å². The summed E-state index contributed by atoms with van der Waals surface area (Å²) in [5.41, 5.74) is -0.503. The normalized spacial score (nSPS) is 21.7. The molecule has 4 rings (SSSR count). The molecule has 192 valence electrons. The molecule has 2 bridgehead atoms. The highest BCUT2D eigenvalue weighted by Crippen LogP contribution is 2.53. The standard InChI is InChI=1S/C25H22N2O10/c28-20(14-3-1-5-18(10-14)26(32)33)12-36-24(30)22-16-7-8-17(9-16)23(22)25(31)37-13-21(29)15-4-2-6-19(11-15)27(34)35/h1-6,10-11,16-17,22-23H,7-9,12-13H2. The van der Waals surface area contributed by atoms with Gasteiger partial charge in [0.15, 0.2) is 13.2 Å². The van der Waals surface area contributed by atoms with Crippen molar-refractivity contribution in [3.05, 3.63) is 79.9 Å². The number of ketones is 2. The van der Waals surface area contributed by atoms with Crippen molar-refractivity contribution in [2.75, 3.05) is 13.2 Å². The predicted molar refractivity (Wildman–Crippen MR) is 125 cm³/mol. The van der Waals surface area contributed by atoms with Gasteiger partial charge in [0.2, 0.25) is 11.6 Å². The van der Waals surface area contributed by atoms with Gasteiger partial charge in [-0.05, 0) is 31.1 Å². The Bertz CT molecular complexity index is 1190. The monoisotopic (exact) mass is 510 g/mol. The quantitative estimate of drug-likeness (QED) is 0.200. The van der Waals surface area contributed by atoms with Crippen LogP contribution in [0.4, 0.5) is 11.4 Å². The highest BCUT2D eigenvalue weighted by atomic mass is 16.6. The van der Waals surface area contributed by atoms with Crippen LogP contribution < -0.4 is 0 Å². The van der Waals surface area contributed by atoms with E-state index in [9.17, 15) is 39.4 Å². The number of hydrogen-bond acceptors (Lipinski definition) is 10. The van der Waals surface area contributed by atoms with Crippen LogP contribution in [0.2, 0.25) is 0 Å². The Hall–Kier alpha value is -4.48. The van der Waals surface area contributed by atoms with E-state index in [1.807, 2.05) is 0 Å². The van der Waals surface area contributed by atoms with Gasteiger partial charge in [0.05, 0.1) is 21.7 Å². The smallest absolute Gasteiger partial charge is 0.310 e. The van der Waals surface area contributed by atoms with Crippen LogP contribution in [0.15, 0.2) is 48.5 Å². The number of fused-ring (bicyclic) bond motifs is 2. The number of carbonyl (C=O) groups is 4. The molecule has 0 radical (unpaired) electrons. The molecular formula is C25H22N2O10. The Kier molecular flexibility index (Phi) is 7.37. The number of ether oxygens (including phenoxy) is 2. The molecule has 2 aromatic rings. The number of rotatable bonds is 10. The summed E-state index contributed by atoms with van der Waals surface area (Å²) >= 11 is 0. The Labute approximate surface area is 209 Å². The van der Waals surface area contributed by atoms with Gasteiger partial charge in [0.1, 0.15) is 0 Å². The summed E-state index contributed by atoms with van der Waals surface area (Å²) in [7, 11) is 0. The Morgan fingerprint density at radius 2 is 1.14 bits per heavy atom. The lowest BCUT2D eigenvalue weighted by atomic mass is 9.79. The topological polar surface area (TPSA) is 173 Å². The average molecular weight is 510 g/mol. The first-order chi connectivity index (χ1) is 17.7. The predicted octanol–water partition coefficient (Wildman–Crippen LogP) is 3.32. The zero-order valence-corrected chi connectivity index (χ0v) is 19.4. The summed E-state index contributed by atoms with van der Waals surface area (Å²) in [6.07, 6.45) is 2.02. The third kappa shape index (κ3) is 5.52. The summed E-state index contributed by atoms with van der Waals surface area (Å²) in [6.45, 7) is -1.28. The van der Waals surface area contributed by atoms with Gasteiger partial charge in [-0.1, -0.05) is 24.3 Å². The van der Waals surface area contributed by atoms with Crippen molar-refractivity contribution in [2.24, 2.45) is 23.7 Å². The molecule has 2 saturated carbocycles. The van der Waals surface area contributed by atoms with Crippen LogP contribution in [0.3, 0.4) is 0 Å². The molecule has 2 aliphatic rings. The third-order valence-corrected chi connectivity index (χ3v) is 6.91. The van der Waals surface area contributed by atoms with E-state index in [-0.39, 0.29) is 34.3 Å². The molecular weight excluding hydrogens is 488 g/mol. The molecule has 2 fully saturated rings. The summed E-state index contributed by atoms with van der Waals surface area (Å²) in [4.78, 5) is 71.2. The van der Waals surface area contributed by atoms with E-state index in [1.54, 1.807) is 0 Å². The maximum Gasteiger partial charge on any atom is 0.310 e. The van der Waals surface area contributed by atoms with Crippen molar-refractivity contribution < 1.29 is 38.5 Å². The van der Waals surface area contributed by atoms with E-state index in [1.165, 1.54) is 36.4 Å². The molecule has 0 saturated heterocycles. The van der Waals surface area contributed by atoms with Gasteiger partial charge in [-0.25, -0.2) is 0 Å². The van der Waals surface area contributed by atoms with Gasteiger partial charge in [-0.2, -0.15) is 0 Å². The number of benzene rings is 2. The Morgan fingerprint density at radius 1 is 0.730 bits per heavy atom. The summed E-state index contributed by atoms with van der Waals surface area (Å²) in [6, 6.07) is 10.1. The number of nitro benzene ring substituents is 2. The lowest BCUT2D eigenvalue weighted by Crippen LogP contribution is -2.38. The number of nitro groups is 2. The van der Waals surface area contributed by atoms with Crippen LogP contribution >= 0.6 is 0 Å². The van der Waals surface area contributed by atoms with E-state index < -0.39 is 58.4 Å². The van der Waals surface area contributed by atoms with Gasteiger partial charge in [0.25, 0.3) is 11.4 Å². The third-order valence-electron chi connectivity index (χ3n) is 6.91. The second-order valence-corrected chi connectivity index (χ2v) is 9.06. The van der Waals surface area contributed by atoms with Gasteiger partial charge in [-0.3, -0.25) is 39.4 Å². The number of esters is 2. The van der Waals surface area contributed by atoms with Crippen LogP contribution in [0, 0.1) is 43.9 Å². The van der Waals surface area contributed by atoms with Gasteiger partial charge < -0.3 is 9.47 Å². The van der Waals surface area contributed by atoms with Crippen molar-refractivity contribution in [1.29, 1.82) is 0 Å².